The summed E-state index contributed by atoms with van der Waals surface area (Å²) in [7, 11) is 0. The van der Waals surface area contributed by atoms with Crippen molar-refractivity contribution in [2.75, 3.05) is 0 Å². The first kappa shape index (κ1) is 13.8. The van der Waals surface area contributed by atoms with E-state index in [2.05, 4.69) is 10.6 Å². The molecule has 0 saturated heterocycles. The number of carbonyl (C=O) groups is 1. The highest BCUT2D eigenvalue weighted by Gasteiger charge is 2.18. The second kappa shape index (κ2) is 7.14. The van der Waals surface area contributed by atoms with Gasteiger partial charge in [0.1, 0.15) is 5.84 Å². The SMILES string of the molecule is CCCC(NC(=O)NC1CCCCC1)C(=N)N. The summed E-state index contributed by atoms with van der Waals surface area (Å²) in [5.41, 5.74) is 5.45. The molecular formula is C12H24N4O. The Bertz CT molecular complexity index is 261. The van der Waals surface area contributed by atoms with E-state index in [1.165, 1.54) is 19.3 Å². The fraction of sp³-hybridized carbons (Fsp3) is 0.833. The lowest BCUT2D eigenvalue weighted by atomic mass is 9.96. The lowest BCUT2D eigenvalue weighted by molar-refractivity contribution is 0.230. The van der Waals surface area contributed by atoms with Gasteiger partial charge in [-0.25, -0.2) is 4.79 Å². The third-order valence-electron chi connectivity index (χ3n) is 3.20. The van der Waals surface area contributed by atoms with Crippen molar-refractivity contribution in [2.45, 2.75) is 64.0 Å². The third-order valence-corrected chi connectivity index (χ3v) is 3.20. The Labute approximate surface area is 103 Å². The smallest absolute Gasteiger partial charge is 0.315 e. The molecule has 0 aromatic heterocycles. The highest BCUT2D eigenvalue weighted by atomic mass is 16.2. The standard InChI is InChI=1S/C12H24N4O/c1-2-6-10(11(13)14)16-12(17)15-9-7-4-3-5-8-9/h9-10H,2-8H2,1H3,(H3,13,14)(H2,15,16,17). The summed E-state index contributed by atoms with van der Waals surface area (Å²) >= 11 is 0. The van der Waals surface area contributed by atoms with E-state index in [1.807, 2.05) is 6.92 Å². The van der Waals surface area contributed by atoms with Crippen molar-refractivity contribution >= 4 is 11.9 Å². The van der Waals surface area contributed by atoms with E-state index in [-0.39, 0.29) is 24.0 Å². The summed E-state index contributed by atoms with van der Waals surface area (Å²) in [6, 6.07) is -0.230. The fourth-order valence-corrected chi connectivity index (χ4v) is 2.23. The van der Waals surface area contributed by atoms with Crippen LogP contribution in [-0.2, 0) is 0 Å². The lowest BCUT2D eigenvalue weighted by Crippen LogP contribution is -2.50. The first-order valence-corrected chi connectivity index (χ1v) is 6.54. The number of rotatable bonds is 5. The topological polar surface area (TPSA) is 91.0 Å². The Hall–Kier alpha value is -1.26. The average Bonchev–Trinajstić information content (AvgIpc) is 2.29. The maximum absolute atomic E-state index is 11.7. The summed E-state index contributed by atoms with van der Waals surface area (Å²) in [6.45, 7) is 2.01. The van der Waals surface area contributed by atoms with Gasteiger partial charge in [0.05, 0.1) is 6.04 Å². The number of urea groups is 1. The quantitative estimate of drug-likeness (QED) is 0.435. The molecule has 1 fully saturated rings. The van der Waals surface area contributed by atoms with Gasteiger partial charge in [0.2, 0.25) is 0 Å². The number of nitrogens with one attached hydrogen (secondary N) is 3. The maximum Gasteiger partial charge on any atom is 0.315 e. The molecule has 0 heterocycles. The van der Waals surface area contributed by atoms with Crippen molar-refractivity contribution in [3.05, 3.63) is 0 Å². The van der Waals surface area contributed by atoms with E-state index in [0.29, 0.717) is 6.42 Å². The zero-order valence-corrected chi connectivity index (χ0v) is 10.6. The molecule has 5 heteroatoms. The van der Waals surface area contributed by atoms with E-state index >= 15 is 0 Å². The van der Waals surface area contributed by atoms with Crippen LogP contribution in [0.5, 0.6) is 0 Å². The molecule has 1 aliphatic carbocycles. The van der Waals surface area contributed by atoms with Crippen molar-refractivity contribution in [2.24, 2.45) is 5.73 Å². The van der Waals surface area contributed by atoms with Crippen molar-refractivity contribution in [1.29, 1.82) is 5.41 Å². The molecule has 0 bridgehead atoms. The van der Waals surface area contributed by atoms with Gasteiger partial charge in [-0.2, -0.15) is 0 Å². The second-order valence-corrected chi connectivity index (χ2v) is 4.75. The Morgan fingerprint density at radius 2 is 2.06 bits per heavy atom. The van der Waals surface area contributed by atoms with Gasteiger partial charge in [0.25, 0.3) is 0 Å². The molecule has 17 heavy (non-hydrogen) atoms. The summed E-state index contributed by atoms with van der Waals surface area (Å²) in [5.74, 6) is 0.0330. The number of amidine groups is 1. The van der Waals surface area contributed by atoms with Gasteiger partial charge < -0.3 is 16.4 Å². The van der Waals surface area contributed by atoms with Crippen molar-refractivity contribution in [3.63, 3.8) is 0 Å². The summed E-state index contributed by atoms with van der Waals surface area (Å²) < 4.78 is 0. The second-order valence-electron chi connectivity index (χ2n) is 4.75. The lowest BCUT2D eigenvalue weighted by Gasteiger charge is -2.24. The third kappa shape index (κ3) is 5.06. The number of hydrogen-bond donors (Lipinski definition) is 4. The van der Waals surface area contributed by atoms with Crippen LogP contribution in [0.3, 0.4) is 0 Å². The number of carbonyl (C=O) groups excluding carboxylic acids is 1. The summed E-state index contributed by atoms with van der Waals surface area (Å²) in [4.78, 5) is 11.7. The maximum atomic E-state index is 11.7. The molecule has 1 atom stereocenters. The Kier molecular flexibility index (Phi) is 5.80. The molecule has 0 radical (unpaired) electrons. The Balaban J connectivity index is 2.33. The van der Waals surface area contributed by atoms with Crippen LogP contribution in [0.1, 0.15) is 51.9 Å². The van der Waals surface area contributed by atoms with Crippen molar-refractivity contribution in [1.82, 2.24) is 10.6 Å². The number of hydrogen-bond acceptors (Lipinski definition) is 2. The van der Waals surface area contributed by atoms with E-state index in [9.17, 15) is 4.79 Å². The molecule has 0 spiro atoms. The Morgan fingerprint density at radius 3 is 2.59 bits per heavy atom. The first-order valence-electron chi connectivity index (χ1n) is 6.54. The van der Waals surface area contributed by atoms with Crippen LogP contribution in [0.25, 0.3) is 0 Å². The molecule has 0 aromatic rings. The highest BCUT2D eigenvalue weighted by Crippen LogP contribution is 2.17. The van der Waals surface area contributed by atoms with Crippen LogP contribution in [0.4, 0.5) is 4.79 Å². The predicted octanol–water partition coefficient (Wildman–Crippen LogP) is 1.72. The normalized spacial score (nSPS) is 18.4. The minimum Gasteiger partial charge on any atom is -0.386 e. The van der Waals surface area contributed by atoms with E-state index in [1.54, 1.807) is 0 Å². The van der Waals surface area contributed by atoms with Crippen LogP contribution in [0, 0.1) is 5.41 Å². The number of nitrogens with two attached hydrogens (primary N) is 1. The zero-order chi connectivity index (χ0) is 12.7. The van der Waals surface area contributed by atoms with Gasteiger partial charge in [0, 0.05) is 6.04 Å². The van der Waals surface area contributed by atoms with Crippen molar-refractivity contribution < 1.29 is 4.79 Å². The average molecular weight is 240 g/mol. The molecule has 5 N–H and O–H groups in total. The van der Waals surface area contributed by atoms with Crippen LogP contribution in [0.15, 0.2) is 0 Å². The largest absolute Gasteiger partial charge is 0.386 e. The zero-order valence-electron chi connectivity index (χ0n) is 10.6. The highest BCUT2D eigenvalue weighted by molar-refractivity contribution is 5.87. The minimum absolute atomic E-state index is 0.0330. The van der Waals surface area contributed by atoms with Crippen LogP contribution in [-0.4, -0.2) is 24.0 Å². The van der Waals surface area contributed by atoms with Crippen molar-refractivity contribution in [3.8, 4) is 0 Å². The van der Waals surface area contributed by atoms with Gasteiger partial charge >= 0.3 is 6.03 Å². The first-order chi connectivity index (χ1) is 8.13. The van der Waals surface area contributed by atoms with Gasteiger partial charge in [-0.15, -0.1) is 0 Å². The van der Waals surface area contributed by atoms with Gasteiger partial charge in [-0.05, 0) is 19.3 Å². The minimum atomic E-state index is -0.330. The molecule has 1 unspecified atom stereocenters. The Morgan fingerprint density at radius 1 is 1.41 bits per heavy atom. The number of amides is 2. The van der Waals surface area contributed by atoms with Crippen LogP contribution >= 0.6 is 0 Å². The molecule has 1 aliphatic rings. The van der Waals surface area contributed by atoms with Gasteiger partial charge in [-0.1, -0.05) is 32.6 Å². The van der Waals surface area contributed by atoms with E-state index < -0.39 is 0 Å². The molecule has 1 saturated carbocycles. The molecule has 0 aromatic carbocycles. The molecule has 98 valence electrons. The molecule has 5 nitrogen and oxygen atoms in total. The molecular weight excluding hydrogens is 216 g/mol. The van der Waals surface area contributed by atoms with Crippen LogP contribution < -0.4 is 16.4 Å². The van der Waals surface area contributed by atoms with E-state index in [0.717, 1.165) is 19.3 Å². The molecule has 2 amide bonds. The molecule has 1 rings (SSSR count). The summed E-state index contributed by atoms with van der Waals surface area (Å²) in [6.07, 6.45) is 7.39. The van der Waals surface area contributed by atoms with Crippen LogP contribution in [0.2, 0.25) is 0 Å². The van der Waals surface area contributed by atoms with Gasteiger partial charge in [0.15, 0.2) is 0 Å². The molecule has 0 aliphatic heterocycles. The fourth-order valence-electron chi connectivity index (χ4n) is 2.23. The van der Waals surface area contributed by atoms with Gasteiger partial charge in [-0.3, -0.25) is 5.41 Å². The summed E-state index contributed by atoms with van der Waals surface area (Å²) in [5, 5.41) is 13.1. The predicted molar refractivity (Wildman–Crippen MR) is 69.2 cm³/mol. The van der Waals surface area contributed by atoms with E-state index in [4.69, 9.17) is 11.1 Å². The monoisotopic (exact) mass is 240 g/mol.